The molecule has 1 amide bonds. The van der Waals surface area contributed by atoms with Crippen molar-refractivity contribution in [3.63, 3.8) is 0 Å². The molecular weight excluding hydrogens is 422 g/mol. The van der Waals surface area contributed by atoms with Crippen molar-refractivity contribution >= 4 is 21.6 Å². The van der Waals surface area contributed by atoms with Crippen molar-refractivity contribution in [1.82, 2.24) is 10.2 Å². The molecule has 6 nitrogen and oxygen atoms in total. The lowest BCUT2D eigenvalue weighted by molar-refractivity contribution is 0.0938. The summed E-state index contributed by atoms with van der Waals surface area (Å²) >= 11 is 0. The van der Waals surface area contributed by atoms with E-state index in [0.29, 0.717) is 17.8 Å². The number of amides is 1. The molecule has 0 aromatic heterocycles. The molecule has 0 aliphatic carbocycles. The van der Waals surface area contributed by atoms with Crippen molar-refractivity contribution in [3.05, 3.63) is 96.1 Å². The summed E-state index contributed by atoms with van der Waals surface area (Å²) in [4.78, 5) is 15.3. The molecule has 1 saturated heterocycles. The molecule has 0 bridgehead atoms. The highest BCUT2D eigenvalue weighted by Gasteiger charge is 2.24. The van der Waals surface area contributed by atoms with Crippen LogP contribution in [0.4, 0.5) is 5.69 Å². The van der Waals surface area contributed by atoms with Crippen molar-refractivity contribution in [2.75, 3.05) is 24.4 Å². The van der Waals surface area contributed by atoms with Crippen LogP contribution in [0, 0.1) is 0 Å². The minimum atomic E-state index is -3.72. The molecule has 166 valence electrons. The number of hydrogen-bond acceptors (Lipinski definition) is 4. The quantitative estimate of drug-likeness (QED) is 0.544. The van der Waals surface area contributed by atoms with E-state index < -0.39 is 10.0 Å². The Morgan fingerprint density at radius 2 is 1.44 bits per heavy atom. The fraction of sp³-hybridized carbons (Fsp3) is 0.240. The Morgan fingerprint density at radius 1 is 0.844 bits per heavy atom. The average Bonchev–Trinajstić information content (AvgIpc) is 3.35. The minimum Gasteiger partial charge on any atom is -0.350 e. The standard InChI is InChI=1S/C25H27N3O3S/c29-25(26-19-24(28-17-7-8-18-28)20-9-3-1-4-10-20)21-13-15-23(16-14-21)32(30,31)27-22-11-5-2-6-12-22/h1-6,9-16,24,27H,7-8,17-19H2,(H,26,29). The fourth-order valence-electron chi connectivity index (χ4n) is 3.98. The van der Waals surface area contributed by atoms with E-state index in [2.05, 4.69) is 27.1 Å². The summed E-state index contributed by atoms with van der Waals surface area (Å²) in [7, 11) is -3.72. The zero-order valence-electron chi connectivity index (χ0n) is 17.8. The van der Waals surface area contributed by atoms with E-state index in [-0.39, 0.29) is 16.8 Å². The monoisotopic (exact) mass is 449 g/mol. The molecule has 7 heteroatoms. The van der Waals surface area contributed by atoms with Crippen LogP contribution in [-0.2, 0) is 10.0 Å². The average molecular weight is 450 g/mol. The summed E-state index contributed by atoms with van der Waals surface area (Å²) in [5, 5.41) is 3.03. The first kappa shape index (κ1) is 22.0. The van der Waals surface area contributed by atoms with Crippen LogP contribution in [0.25, 0.3) is 0 Å². The third-order valence-corrected chi connectivity index (χ3v) is 7.07. The molecular formula is C25H27N3O3S. The van der Waals surface area contributed by atoms with Crippen molar-refractivity contribution in [2.45, 2.75) is 23.8 Å². The van der Waals surface area contributed by atoms with Crippen LogP contribution in [0.3, 0.4) is 0 Å². The van der Waals surface area contributed by atoms with Crippen LogP contribution in [0.2, 0.25) is 0 Å². The molecule has 3 aromatic carbocycles. The van der Waals surface area contributed by atoms with E-state index in [9.17, 15) is 13.2 Å². The van der Waals surface area contributed by atoms with E-state index in [1.54, 1.807) is 36.4 Å². The second-order valence-corrected chi connectivity index (χ2v) is 9.56. The van der Waals surface area contributed by atoms with E-state index in [1.807, 2.05) is 24.3 Å². The predicted octanol–water partition coefficient (Wildman–Crippen LogP) is 4.05. The number of carbonyl (C=O) groups is 1. The lowest BCUT2D eigenvalue weighted by Crippen LogP contribution is -2.36. The summed E-state index contributed by atoms with van der Waals surface area (Å²) in [6.07, 6.45) is 2.34. The normalized spacial score (nSPS) is 15.2. The molecule has 1 fully saturated rings. The topological polar surface area (TPSA) is 78.5 Å². The number of para-hydroxylation sites is 1. The molecule has 1 unspecified atom stereocenters. The Labute approximate surface area is 189 Å². The lowest BCUT2D eigenvalue weighted by atomic mass is 10.1. The number of nitrogens with one attached hydrogen (secondary N) is 2. The largest absolute Gasteiger partial charge is 0.350 e. The van der Waals surface area contributed by atoms with Gasteiger partial charge >= 0.3 is 0 Å². The molecule has 4 rings (SSSR count). The molecule has 32 heavy (non-hydrogen) atoms. The van der Waals surface area contributed by atoms with Gasteiger partial charge in [-0.05, 0) is 67.9 Å². The number of rotatable bonds is 8. The Kier molecular flexibility index (Phi) is 6.87. The lowest BCUT2D eigenvalue weighted by Gasteiger charge is -2.28. The predicted molar refractivity (Wildman–Crippen MR) is 126 cm³/mol. The maximum atomic E-state index is 12.8. The van der Waals surface area contributed by atoms with E-state index in [1.165, 1.54) is 30.5 Å². The maximum absolute atomic E-state index is 12.8. The summed E-state index contributed by atoms with van der Waals surface area (Å²) in [6, 6.07) is 25.0. The van der Waals surface area contributed by atoms with Crippen LogP contribution < -0.4 is 10.0 Å². The van der Waals surface area contributed by atoms with Crippen LogP contribution in [0.1, 0.15) is 34.8 Å². The number of sulfonamides is 1. The Bertz CT molecular complexity index is 1130. The molecule has 1 aliphatic rings. The molecule has 3 aromatic rings. The second kappa shape index (κ2) is 9.97. The third kappa shape index (κ3) is 5.36. The molecule has 1 aliphatic heterocycles. The summed E-state index contributed by atoms with van der Waals surface area (Å²) in [5.74, 6) is -0.218. The van der Waals surface area contributed by atoms with Crippen molar-refractivity contribution in [2.24, 2.45) is 0 Å². The van der Waals surface area contributed by atoms with Gasteiger partial charge in [0.05, 0.1) is 10.9 Å². The van der Waals surface area contributed by atoms with Gasteiger partial charge in [0.2, 0.25) is 0 Å². The zero-order chi connectivity index (χ0) is 22.4. The Balaban J connectivity index is 1.42. The first-order valence-corrected chi connectivity index (χ1v) is 12.3. The van der Waals surface area contributed by atoms with Gasteiger partial charge in [-0.2, -0.15) is 0 Å². The smallest absolute Gasteiger partial charge is 0.261 e. The van der Waals surface area contributed by atoms with Crippen LogP contribution in [0.15, 0.2) is 89.8 Å². The highest BCUT2D eigenvalue weighted by atomic mass is 32.2. The fourth-order valence-corrected chi connectivity index (χ4v) is 5.04. The van der Waals surface area contributed by atoms with Crippen LogP contribution in [0.5, 0.6) is 0 Å². The van der Waals surface area contributed by atoms with Gasteiger partial charge in [0, 0.05) is 17.8 Å². The van der Waals surface area contributed by atoms with Crippen LogP contribution >= 0.6 is 0 Å². The summed E-state index contributed by atoms with van der Waals surface area (Å²) < 4.78 is 27.7. The minimum absolute atomic E-state index is 0.108. The SMILES string of the molecule is O=C(NCC(c1ccccc1)N1CCCC1)c1ccc(S(=O)(=O)Nc2ccccc2)cc1. The van der Waals surface area contributed by atoms with E-state index in [0.717, 1.165) is 13.1 Å². The van der Waals surface area contributed by atoms with Gasteiger partial charge in [0.25, 0.3) is 15.9 Å². The third-order valence-electron chi connectivity index (χ3n) is 5.67. The zero-order valence-corrected chi connectivity index (χ0v) is 18.6. The molecule has 0 spiro atoms. The molecule has 2 N–H and O–H groups in total. The number of anilines is 1. The summed E-state index contributed by atoms with van der Waals surface area (Å²) in [6.45, 7) is 2.55. The van der Waals surface area contributed by atoms with Crippen molar-refractivity contribution in [3.8, 4) is 0 Å². The van der Waals surface area contributed by atoms with Gasteiger partial charge in [0.1, 0.15) is 0 Å². The van der Waals surface area contributed by atoms with Gasteiger partial charge in [-0.1, -0.05) is 48.5 Å². The number of benzene rings is 3. The van der Waals surface area contributed by atoms with Gasteiger partial charge in [-0.25, -0.2) is 8.42 Å². The Hall–Kier alpha value is -3.16. The molecule has 1 heterocycles. The first-order chi connectivity index (χ1) is 15.5. The van der Waals surface area contributed by atoms with E-state index in [4.69, 9.17) is 0 Å². The van der Waals surface area contributed by atoms with Gasteiger partial charge in [0.15, 0.2) is 0 Å². The van der Waals surface area contributed by atoms with Gasteiger partial charge in [-0.15, -0.1) is 0 Å². The second-order valence-electron chi connectivity index (χ2n) is 7.88. The number of hydrogen-bond donors (Lipinski definition) is 2. The summed E-state index contributed by atoms with van der Waals surface area (Å²) in [5.41, 5.74) is 2.10. The maximum Gasteiger partial charge on any atom is 0.261 e. The van der Waals surface area contributed by atoms with Crippen LogP contribution in [-0.4, -0.2) is 38.9 Å². The highest BCUT2D eigenvalue weighted by Crippen LogP contribution is 2.24. The van der Waals surface area contributed by atoms with Gasteiger partial charge < -0.3 is 5.32 Å². The Morgan fingerprint density at radius 3 is 2.06 bits per heavy atom. The number of carbonyl (C=O) groups excluding carboxylic acids is 1. The van der Waals surface area contributed by atoms with Crippen molar-refractivity contribution < 1.29 is 13.2 Å². The van der Waals surface area contributed by atoms with Crippen molar-refractivity contribution in [1.29, 1.82) is 0 Å². The molecule has 0 radical (unpaired) electrons. The molecule has 0 saturated carbocycles. The van der Waals surface area contributed by atoms with E-state index >= 15 is 0 Å². The highest BCUT2D eigenvalue weighted by molar-refractivity contribution is 7.92. The molecule has 1 atom stereocenters. The number of nitrogens with zero attached hydrogens (tertiary/aromatic N) is 1. The van der Waals surface area contributed by atoms with Gasteiger partial charge in [-0.3, -0.25) is 14.4 Å². The number of likely N-dealkylation sites (tertiary alicyclic amines) is 1. The first-order valence-electron chi connectivity index (χ1n) is 10.8.